The van der Waals surface area contributed by atoms with Crippen LogP contribution in [0.15, 0.2) is 12.4 Å². The van der Waals surface area contributed by atoms with Crippen LogP contribution in [0.3, 0.4) is 0 Å². The third kappa shape index (κ3) is 4.71. The predicted octanol–water partition coefficient (Wildman–Crippen LogP) is 2.14. The van der Waals surface area contributed by atoms with E-state index in [-0.39, 0.29) is 29.8 Å². The van der Waals surface area contributed by atoms with E-state index in [0.29, 0.717) is 6.42 Å². The zero-order valence-electron chi connectivity index (χ0n) is 13.4. The molecule has 120 valence electrons. The van der Waals surface area contributed by atoms with Crippen LogP contribution in [0.5, 0.6) is 0 Å². The van der Waals surface area contributed by atoms with Gasteiger partial charge in [0.15, 0.2) is 0 Å². The number of hydrogen-bond acceptors (Lipinski definition) is 3. The summed E-state index contributed by atoms with van der Waals surface area (Å²) in [7, 11) is 1.98. The molecule has 1 aromatic rings. The van der Waals surface area contributed by atoms with E-state index in [1.807, 2.05) is 22.7 Å². The summed E-state index contributed by atoms with van der Waals surface area (Å²) >= 11 is 0. The lowest BCUT2D eigenvalue weighted by Gasteiger charge is -2.36. The number of imidazole rings is 1. The molecule has 5 nitrogen and oxygen atoms in total. The average Bonchev–Trinajstić information content (AvgIpc) is 2.81. The first-order valence-corrected chi connectivity index (χ1v) is 7.36. The molecule has 0 bridgehead atoms. The Kier molecular flexibility index (Phi) is 6.23. The normalized spacial score (nSPS) is 19.2. The van der Waals surface area contributed by atoms with Crippen molar-refractivity contribution in [2.45, 2.75) is 39.7 Å². The number of aromatic nitrogens is 2. The molecular formula is C15H27ClN4O. The van der Waals surface area contributed by atoms with E-state index in [0.717, 1.165) is 31.9 Å². The van der Waals surface area contributed by atoms with E-state index >= 15 is 0 Å². The highest BCUT2D eigenvalue weighted by molar-refractivity contribution is 5.85. The van der Waals surface area contributed by atoms with E-state index in [1.165, 1.54) is 0 Å². The van der Waals surface area contributed by atoms with Gasteiger partial charge in [0.1, 0.15) is 11.9 Å². The molecule has 1 unspecified atom stereocenters. The van der Waals surface area contributed by atoms with E-state index in [4.69, 9.17) is 0 Å². The minimum Gasteiger partial charge on any atom is -0.336 e. The van der Waals surface area contributed by atoms with Gasteiger partial charge in [0.2, 0.25) is 5.91 Å². The lowest BCUT2D eigenvalue weighted by atomic mass is 9.90. The van der Waals surface area contributed by atoms with Crippen LogP contribution < -0.4 is 5.32 Å². The van der Waals surface area contributed by atoms with Crippen molar-refractivity contribution in [3.8, 4) is 0 Å². The minimum absolute atomic E-state index is 0. The quantitative estimate of drug-likeness (QED) is 0.930. The van der Waals surface area contributed by atoms with Crippen LogP contribution in [0.1, 0.15) is 45.5 Å². The van der Waals surface area contributed by atoms with Crippen LogP contribution >= 0.6 is 12.4 Å². The Labute approximate surface area is 133 Å². The first-order valence-electron chi connectivity index (χ1n) is 7.36. The summed E-state index contributed by atoms with van der Waals surface area (Å²) < 4.78 is 2.00. The van der Waals surface area contributed by atoms with Crippen molar-refractivity contribution in [3.05, 3.63) is 18.2 Å². The Morgan fingerprint density at radius 2 is 2.19 bits per heavy atom. The van der Waals surface area contributed by atoms with Gasteiger partial charge in [0.05, 0.1) is 0 Å². The van der Waals surface area contributed by atoms with Crippen molar-refractivity contribution in [1.82, 2.24) is 19.8 Å². The molecule has 1 N–H and O–H groups in total. The standard InChI is InChI=1S/C15H26N4O.ClH/c1-15(2,3)6-5-13(20)19-10-7-16-11-12(19)14-17-8-9-18(14)4;/h8-9,12,16H,5-7,10-11H2,1-4H3;1H. The van der Waals surface area contributed by atoms with Crippen LogP contribution in [-0.2, 0) is 11.8 Å². The lowest BCUT2D eigenvalue weighted by molar-refractivity contribution is -0.135. The fourth-order valence-electron chi connectivity index (χ4n) is 2.56. The summed E-state index contributed by atoms with van der Waals surface area (Å²) in [4.78, 5) is 18.9. The number of piperazine rings is 1. The van der Waals surface area contributed by atoms with Gasteiger partial charge in [-0.2, -0.15) is 0 Å². The maximum atomic E-state index is 12.5. The molecule has 1 saturated heterocycles. The smallest absolute Gasteiger partial charge is 0.223 e. The van der Waals surface area contributed by atoms with Crippen LogP contribution in [0.2, 0.25) is 0 Å². The Hall–Kier alpha value is -1.07. The lowest BCUT2D eigenvalue weighted by Crippen LogP contribution is -2.49. The van der Waals surface area contributed by atoms with Gasteiger partial charge in [-0.1, -0.05) is 20.8 Å². The summed E-state index contributed by atoms with van der Waals surface area (Å²) in [5.74, 6) is 1.20. The summed E-state index contributed by atoms with van der Waals surface area (Å²) in [6.45, 7) is 8.94. The highest BCUT2D eigenvalue weighted by Crippen LogP contribution is 2.25. The molecule has 0 radical (unpaired) electrons. The first-order chi connectivity index (χ1) is 9.38. The van der Waals surface area contributed by atoms with Crippen molar-refractivity contribution in [3.63, 3.8) is 0 Å². The number of rotatable bonds is 3. The molecule has 1 aromatic heterocycles. The van der Waals surface area contributed by atoms with E-state index < -0.39 is 0 Å². The van der Waals surface area contributed by atoms with Crippen molar-refractivity contribution in [2.24, 2.45) is 12.5 Å². The zero-order valence-corrected chi connectivity index (χ0v) is 14.2. The molecule has 1 atom stereocenters. The van der Waals surface area contributed by atoms with Gasteiger partial charge >= 0.3 is 0 Å². The van der Waals surface area contributed by atoms with Crippen LogP contribution in [-0.4, -0.2) is 40.0 Å². The van der Waals surface area contributed by atoms with Gasteiger partial charge in [-0.05, 0) is 11.8 Å². The number of halogens is 1. The maximum absolute atomic E-state index is 12.5. The van der Waals surface area contributed by atoms with Crippen LogP contribution in [0.4, 0.5) is 0 Å². The first kappa shape index (κ1) is 18.0. The van der Waals surface area contributed by atoms with E-state index in [9.17, 15) is 4.79 Å². The number of carbonyl (C=O) groups is 1. The topological polar surface area (TPSA) is 50.2 Å². The Morgan fingerprint density at radius 1 is 1.48 bits per heavy atom. The molecule has 1 aliphatic rings. The third-order valence-electron chi connectivity index (χ3n) is 3.81. The number of carbonyl (C=O) groups excluding carboxylic acids is 1. The van der Waals surface area contributed by atoms with Crippen molar-refractivity contribution < 1.29 is 4.79 Å². The van der Waals surface area contributed by atoms with E-state index in [1.54, 1.807) is 6.20 Å². The van der Waals surface area contributed by atoms with Crippen LogP contribution in [0.25, 0.3) is 0 Å². The number of hydrogen-bond donors (Lipinski definition) is 1. The number of aryl methyl sites for hydroxylation is 1. The SMILES string of the molecule is Cl.Cn1ccnc1C1CNCCN1C(=O)CCC(C)(C)C. The molecule has 6 heteroatoms. The van der Waals surface area contributed by atoms with Gasteiger partial charge in [-0.25, -0.2) is 4.98 Å². The summed E-state index contributed by atoms with van der Waals surface area (Å²) in [5, 5.41) is 3.36. The van der Waals surface area contributed by atoms with Crippen LogP contribution in [0, 0.1) is 5.41 Å². The summed E-state index contributed by atoms with van der Waals surface area (Å²) in [6, 6.07) is 0.0521. The van der Waals surface area contributed by atoms with E-state index in [2.05, 4.69) is 31.1 Å². The minimum atomic E-state index is 0. The monoisotopic (exact) mass is 314 g/mol. The fraction of sp³-hybridized carbons (Fsp3) is 0.733. The molecule has 2 rings (SSSR count). The van der Waals surface area contributed by atoms with Crippen molar-refractivity contribution >= 4 is 18.3 Å². The maximum Gasteiger partial charge on any atom is 0.223 e. The molecule has 0 aromatic carbocycles. The summed E-state index contributed by atoms with van der Waals surface area (Å²) in [5.41, 5.74) is 0.197. The Bertz CT molecular complexity index is 466. The Balaban J connectivity index is 0.00000220. The van der Waals surface area contributed by atoms with Gasteiger partial charge in [0.25, 0.3) is 0 Å². The highest BCUT2D eigenvalue weighted by Gasteiger charge is 2.30. The van der Waals surface area contributed by atoms with Gasteiger partial charge in [-0.3, -0.25) is 4.79 Å². The number of nitrogens with one attached hydrogen (secondary N) is 1. The molecule has 0 saturated carbocycles. The number of nitrogens with zero attached hydrogens (tertiary/aromatic N) is 3. The van der Waals surface area contributed by atoms with Gasteiger partial charge in [-0.15, -0.1) is 12.4 Å². The largest absolute Gasteiger partial charge is 0.336 e. The predicted molar refractivity (Wildman–Crippen MR) is 86.5 cm³/mol. The molecule has 0 aliphatic carbocycles. The molecule has 1 fully saturated rings. The average molecular weight is 315 g/mol. The van der Waals surface area contributed by atoms with Gasteiger partial charge in [0, 0.05) is 45.5 Å². The zero-order chi connectivity index (χ0) is 14.8. The molecule has 0 spiro atoms. The second-order valence-corrected chi connectivity index (χ2v) is 6.76. The molecule has 21 heavy (non-hydrogen) atoms. The van der Waals surface area contributed by atoms with Crippen molar-refractivity contribution in [1.29, 1.82) is 0 Å². The van der Waals surface area contributed by atoms with Gasteiger partial charge < -0.3 is 14.8 Å². The molecule has 2 heterocycles. The molecular weight excluding hydrogens is 288 g/mol. The molecule has 1 amide bonds. The third-order valence-corrected chi connectivity index (χ3v) is 3.81. The van der Waals surface area contributed by atoms with Crippen molar-refractivity contribution in [2.75, 3.05) is 19.6 Å². The Morgan fingerprint density at radius 3 is 2.76 bits per heavy atom. The second-order valence-electron chi connectivity index (χ2n) is 6.76. The summed E-state index contributed by atoms with van der Waals surface area (Å²) in [6.07, 6.45) is 5.26. The highest BCUT2D eigenvalue weighted by atomic mass is 35.5. The number of amides is 1. The second kappa shape index (κ2) is 7.27. The fourth-order valence-corrected chi connectivity index (χ4v) is 2.56. The molecule has 1 aliphatic heterocycles.